The summed E-state index contributed by atoms with van der Waals surface area (Å²) in [5.41, 5.74) is 1.47. The van der Waals surface area contributed by atoms with Gasteiger partial charge in [-0.05, 0) is 23.6 Å². The SMILES string of the molecule is COc1cc(OC)cc(C(=O)N=c2sc3c4ccccc4ccc3n2C)c1. The van der Waals surface area contributed by atoms with Crippen molar-refractivity contribution in [2.24, 2.45) is 12.0 Å². The molecule has 0 fully saturated rings. The van der Waals surface area contributed by atoms with E-state index in [1.54, 1.807) is 32.4 Å². The van der Waals surface area contributed by atoms with Crippen LogP contribution in [0.4, 0.5) is 0 Å². The van der Waals surface area contributed by atoms with Gasteiger partial charge in [0.2, 0.25) is 0 Å². The number of carbonyl (C=O) groups excluding carboxylic acids is 1. The first-order valence-electron chi connectivity index (χ1n) is 8.40. The topological polar surface area (TPSA) is 52.8 Å². The molecule has 0 saturated heterocycles. The maximum atomic E-state index is 12.8. The van der Waals surface area contributed by atoms with Crippen LogP contribution in [0.5, 0.6) is 11.5 Å². The molecule has 6 heteroatoms. The average Bonchev–Trinajstić information content (AvgIpc) is 3.03. The van der Waals surface area contributed by atoms with Gasteiger partial charge in [0, 0.05) is 24.1 Å². The van der Waals surface area contributed by atoms with E-state index in [2.05, 4.69) is 29.3 Å². The molecule has 1 aromatic heterocycles. The lowest BCUT2D eigenvalue weighted by Gasteiger charge is -2.05. The van der Waals surface area contributed by atoms with Gasteiger partial charge in [-0.15, -0.1) is 0 Å². The van der Waals surface area contributed by atoms with Crippen molar-refractivity contribution in [1.29, 1.82) is 0 Å². The molecule has 4 aromatic rings. The zero-order valence-corrected chi connectivity index (χ0v) is 16.0. The van der Waals surface area contributed by atoms with E-state index in [9.17, 15) is 4.79 Å². The van der Waals surface area contributed by atoms with E-state index in [4.69, 9.17) is 9.47 Å². The monoisotopic (exact) mass is 378 g/mol. The molecule has 0 bridgehead atoms. The van der Waals surface area contributed by atoms with E-state index in [-0.39, 0.29) is 5.91 Å². The molecule has 0 aliphatic carbocycles. The van der Waals surface area contributed by atoms with Crippen molar-refractivity contribution in [2.75, 3.05) is 14.2 Å². The summed E-state index contributed by atoms with van der Waals surface area (Å²) < 4.78 is 13.5. The summed E-state index contributed by atoms with van der Waals surface area (Å²) >= 11 is 1.51. The molecule has 0 radical (unpaired) electrons. The molecule has 0 saturated carbocycles. The van der Waals surface area contributed by atoms with E-state index in [0.29, 0.717) is 21.9 Å². The number of ether oxygens (including phenoxy) is 2. The van der Waals surface area contributed by atoms with Gasteiger partial charge < -0.3 is 14.0 Å². The summed E-state index contributed by atoms with van der Waals surface area (Å²) in [6, 6.07) is 17.4. The van der Waals surface area contributed by atoms with Crippen LogP contribution in [-0.2, 0) is 7.05 Å². The molecule has 4 rings (SSSR count). The Morgan fingerprint density at radius 3 is 2.41 bits per heavy atom. The molecule has 1 amide bonds. The normalized spacial score (nSPS) is 11.9. The van der Waals surface area contributed by atoms with Crippen LogP contribution in [0.3, 0.4) is 0 Å². The molecule has 3 aromatic carbocycles. The third-order valence-electron chi connectivity index (χ3n) is 4.50. The Balaban J connectivity index is 1.87. The fourth-order valence-electron chi connectivity index (χ4n) is 3.05. The van der Waals surface area contributed by atoms with Gasteiger partial charge >= 0.3 is 0 Å². The molecule has 5 nitrogen and oxygen atoms in total. The molecular formula is C21H18N2O3S. The maximum Gasteiger partial charge on any atom is 0.279 e. The van der Waals surface area contributed by atoms with Crippen LogP contribution in [-0.4, -0.2) is 24.7 Å². The summed E-state index contributed by atoms with van der Waals surface area (Å²) in [4.78, 5) is 17.8. The predicted octanol–water partition coefficient (Wildman–Crippen LogP) is 4.15. The zero-order valence-electron chi connectivity index (χ0n) is 15.2. The standard InChI is InChI=1S/C21H18N2O3S/c1-23-18-9-8-13-6-4-5-7-17(13)19(18)27-21(23)22-20(24)14-10-15(25-2)12-16(11-14)26-3/h4-12H,1-3H3. The van der Waals surface area contributed by atoms with Crippen molar-refractivity contribution < 1.29 is 14.3 Å². The molecule has 0 unspecified atom stereocenters. The van der Waals surface area contributed by atoms with E-state index in [0.717, 1.165) is 15.6 Å². The van der Waals surface area contributed by atoms with E-state index < -0.39 is 0 Å². The highest BCUT2D eigenvalue weighted by molar-refractivity contribution is 7.17. The number of aromatic nitrogens is 1. The van der Waals surface area contributed by atoms with Crippen LogP contribution < -0.4 is 14.3 Å². The fraction of sp³-hybridized carbons (Fsp3) is 0.143. The minimum atomic E-state index is -0.335. The van der Waals surface area contributed by atoms with Gasteiger partial charge in [0.05, 0.1) is 24.4 Å². The summed E-state index contributed by atoms with van der Waals surface area (Å²) in [7, 11) is 5.03. The number of aryl methyl sites for hydroxylation is 1. The molecule has 27 heavy (non-hydrogen) atoms. The first kappa shape index (κ1) is 17.3. The zero-order chi connectivity index (χ0) is 19.0. The van der Waals surface area contributed by atoms with Crippen molar-refractivity contribution in [2.45, 2.75) is 0 Å². The quantitative estimate of drug-likeness (QED) is 0.538. The molecule has 0 N–H and O–H groups in total. The van der Waals surface area contributed by atoms with Gasteiger partial charge in [0.25, 0.3) is 5.91 Å². The number of nitrogens with zero attached hydrogens (tertiary/aromatic N) is 2. The maximum absolute atomic E-state index is 12.8. The highest BCUT2D eigenvalue weighted by Gasteiger charge is 2.11. The lowest BCUT2D eigenvalue weighted by atomic mass is 10.1. The number of hydrogen-bond acceptors (Lipinski definition) is 4. The lowest BCUT2D eigenvalue weighted by molar-refractivity contribution is 0.0997. The van der Waals surface area contributed by atoms with Gasteiger partial charge in [-0.3, -0.25) is 4.79 Å². The number of hydrogen-bond donors (Lipinski definition) is 0. The first-order chi connectivity index (χ1) is 13.1. The van der Waals surface area contributed by atoms with Gasteiger partial charge in [-0.25, -0.2) is 0 Å². The smallest absolute Gasteiger partial charge is 0.279 e. The Kier molecular flexibility index (Phi) is 4.41. The number of benzene rings is 3. The molecular weight excluding hydrogens is 360 g/mol. The van der Waals surface area contributed by atoms with Crippen LogP contribution in [0.15, 0.2) is 59.6 Å². The molecule has 136 valence electrons. The Hall–Kier alpha value is -3.12. The van der Waals surface area contributed by atoms with Crippen molar-refractivity contribution in [3.8, 4) is 11.5 Å². The molecule has 0 aliphatic heterocycles. The number of thiazole rings is 1. The molecule has 1 heterocycles. The highest BCUT2D eigenvalue weighted by atomic mass is 32.1. The van der Waals surface area contributed by atoms with Gasteiger partial charge in [0.1, 0.15) is 11.5 Å². The summed E-state index contributed by atoms with van der Waals surface area (Å²) in [6.07, 6.45) is 0. The number of methoxy groups -OCH3 is 2. The number of amides is 1. The van der Waals surface area contributed by atoms with Gasteiger partial charge in [-0.2, -0.15) is 4.99 Å². The Bertz CT molecular complexity index is 1220. The number of fused-ring (bicyclic) bond motifs is 3. The van der Waals surface area contributed by atoms with Crippen LogP contribution in [0, 0.1) is 0 Å². The largest absolute Gasteiger partial charge is 0.497 e. The Morgan fingerprint density at radius 1 is 1.00 bits per heavy atom. The first-order valence-corrected chi connectivity index (χ1v) is 9.22. The van der Waals surface area contributed by atoms with Crippen molar-refractivity contribution >= 4 is 38.2 Å². The molecule has 0 aliphatic rings. The minimum absolute atomic E-state index is 0.335. The lowest BCUT2D eigenvalue weighted by Crippen LogP contribution is -2.13. The second-order valence-corrected chi connectivity index (χ2v) is 7.07. The average molecular weight is 378 g/mol. The van der Waals surface area contributed by atoms with Crippen LogP contribution >= 0.6 is 11.3 Å². The minimum Gasteiger partial charge on any atom is -0.497 e. The summed E-state index contributed by atoms with van der Waals surface area (Å²) in [6.45, 7) is 0. The second-order valence-electron chi connectivity index (χ2n) is 6.10. The van der Waals surface area contributed by atoms with E-state index >= 15 is 0 Å². The summed E-state index contributed by atoms with van der Waals surface area (Å²) in [5, 5.41) is 2.33. The number of rotatable bonds is 3. The predicted molar refractivity (Wildman–Crippen MR) is 108 cm³/mol. The van der Waals surface area contributed by atoms with Crippen LogP contribution in [0.1, 0.15) is 10.4 Å². The highest BCUT2D eigenvalue weighted by Crippen LogP contribution is 2.27. The fourth-order valence-corrected chi connectivity index (χ4v) is 4.20. The molecule has 0 atom stereocenters. The third kappa shape index (κ3) is 3.08. The van der Waals surface area contributed by atoms with E-state index in [1.807, 2.05) is 23.7 Å². The van der Waals surface area contributed by atoms with Crippen LogP contribution in [0.25, 0.3) is 21.0 Å². The van der Waals surface area contributed by atoms with Gasteiger partial charge in [0.15, 0.2) is 4.80 Å². The van der Waals surface area contributed by atoms with Crippen molar-refractivity contribution in [3.05, 3.63) is 65.0 Å². The second kappa shape index (κ2) is 6.89. The van der Waals surface area contributed by atoms with Crippen LogP contribution in [0.2, 0.25) is 0 Å². The van der Waals surface area contributed by atoms with Crippen molar-refractivity contribution in [3.63, 3.8) is 0 Å². The Morgan fingerprint density at radius 2 is 1.70 bits per heavy atom. The number of carbonyl (C=O) groups is 1. The van der Waals surface area contributed by atoms with E-state index in [1.165, 1.54) is 16.7 Å². The Labute approximate surface area is 160 Å². The summed E-state index contributed by atoms with van der Waals surface area (Å²) in [5.74, 6) is 0.776. The van der Waals surface area contributed by atoms with Gasteiger partial charge in [-0.1, -0.05) is 41.7 Å². The third-order valence-corrected chi connectivity index (χ3v) is 5.68. The van der Waals surface area contributed by atoms with Crippen molar-refractivity contribution in [1.82, 2.24) is 4.57 Å². The molecule has 0 spiro atoms.